The largest absolute Gasteiger partial charge is 0.311 e. The highest BCUT2D eigenvalue weighted by atomic mass is 14.9. The minimum Gasteiger partial charge on any atom is -0.311 e. The Bertz CT molecular complexity index is 148. The maximum atomic E-state index is 3.91. The van der Waals surface area contributed by atoms with Crippen molar-refractivity contribution in [3.63, 3.8) is 0 Å². The first-order valence-corrected chi connectivity index (χ1v) is 7.62. The van der Waals surface area contributed by atoms with Gasteiger partial charge in [0.1, 0.15) is 0 Å². The smallest absolute Gasteiger partial charge is 0.00696 e. The van der Waals surface area contributed by atoms with Crippen molar-refractivity contribution in [3.05, 3.63) is 0 Å². The fraction of sp³-hybridized carbons (Fsp3) is 1.00. The van der Waals surface area contributed by atoms with Gasteiger partial charge in [-0.15, -0.1) is 0 Å². The SMILES string of the molecule is CCCCC(CC)NC1CCCCCCC1. The molecule has 96 valence electrons. The Balaban J connectivity index is 2.24. The molecule has 0 bridgehead atoms. The van der Waals surface area contributed by atoms with Gasteiger partial charge in [0.2, 0.25) is 0 Å². The summed E-state index contributed by atoms with van der Waals surface area (Å²) in [4.78, 5) is 0. The molecule has 1 rings (SSSR count). The summed E-state index contributed by atoms with van der Waals surface area (Å²) in [6.07, 6.45) is 15.5. The molecule has 0 aromatic carbocycles. The van der Waals surface area contributed by atoms with E-state index in [1.54, 1.807) is 0 Å². The van der Waals surface area contributed by atoms with E-state index in [9.17, 15) is 0 Å². The molecule has 1 N–H and O–H groups in total. The molecule has 0 aromatic rings. The molecule has 1 heteroatoms. The second-order valence-corrected chi connectivity index (χ2v) is 5.46. The lowest BCUT2D eigenvalue weighted by molar-refractivity contribution is 0.332. The number of rotatable bonds is 6. The average Bonchev–Trinajstić information content (AvgIpc) is 2.26. The van der Waals surface area contributed by atoms with Crippen molar-refractivity contribution in [2.75, 3.05) is 0 Å². The summed E-state index contributed by atoms with van der Waals surface area (Å²) >= 11 is 0. The highest BCUT2D eigenvalue weighted by Gasteiger charge is 2.14. The van der Waals surface area contributed by atoms with Crippen LogP contribution in [-0.4, -0.2) is 12.1 Å². The highest BCUT2D eigenvalue weighted by molar-refractivity contribution is 4.75. The van der Waals surface area contributed by atoms with Crippen molar-refractivity contribution in [1.82, 2.24) is 5.32 Å². The molecule has 0 radical (unpaired) electrons. The zero-order valence-electron chi connectivity index (χ0n) is 11.4. The van der Waals surface area contributed by atoms with Crippen molar-refractivity contribution in [2.45, 2.75) is 96.6 Å². The Morgan fingerprint density at radius 2 is 1.62 bits per heavy atom. The molecule has 0 heterocycles. The first-order valence-electron chi connectivity index (χ1n) is 7.62. The van der Waals surface area contributed by atoms with Crippen LogP contribution < -0.4 is 5.32 Å². The summed E-state index contributed by atoms with van der Waals surface area (Å²) in [5, 5.41) is 3.91. The molecular weight excluding hydrogens is 194 g/mol. The predicted octanol–water partition coefficient (Wildman–Crippen LogP) is 4.66. The highest BCUT2D eigenvalue weighted by Crippen LogP contribution is 2.18. The van der Waals surface area contributed by atoms with Gasteiger partial charge in [0, 0.05) is 12.1 Å². The van der Waals surface area contributed by atoms with E-state index in [-0.39, 0.29) is 0 Å². The Morgan fingerprint density at radius 3 is 2.19 bits per heavy atom. The minimum atomic E-state index is 0.782. The summed E-state index contributed by atoms with van der Waals surface area (Å²) in [7, 11) is 0. The van der Waals surface area contributed by atoms with Crippen LogP contribution in [0.3, 0.4) is 0 Å². The number of unbranched alkanes of at least 4 members (excludes halogenated alkanes) is 1. The molecule has 0 amide bonds. The van der Waals surface area contributed by atoms with Crippen molar-refractivity contribution < 1.29 is 0 Å². The van der Waals surface area contributed by atoms with Gasteiger partial charge < -0.3 is 5.32 Å². The van der Waals surface area contributed by atoms with Gasteiger partial charge in [-0.05, 0) is 25.7 Å². The lowest BCUT2D eigenvalue weighted by Crippen LogP contribution is -2.38. The van der Waals surface area contributed by atoms with Crippen LogP contribution in [-0.2, 0) is 0 Å². The Labute approximate surface area is 102 Å². The maximum absolute atomic E-state index is 3.91. The monoisotopic (exact) mass is 225 g/mol. The van der Waals surface area contributed by atoms with Crippen LogP contribution >= 0.6 is 0 Å². The molecule has 1 aliphatic carbocycles. The summed E-state index contributed by atoms with van der Waals surface area (Å²) in [6, 6.07) is 1.60. The van der Waals surface area contributed by atoms with E-state index >= 15 is 0 Å². The second kappa shape index (κ2) is 9.04. The van der Waals surface area contributed by atoms with Gasteiger partial charge in [0.05, 0.1) is 0 Å². The summed E-state index contributed by atoms with van der Waals surface area (Å²) in [6.45, 7) is 4.62. The molecule has 16 heavy (non-hydrogen) atoms. The van der Waals surface area contributed by atoms with Crippen LogP contribution in [0.15, 0.2) is 0 Å². The normalized spacial score (nSPS) is 21.4. The quantitative estimate of drug-likeness (QED) is 0.693. The molecule has 0 aromatic heterocycles. The number of hydrogen-bond acceptors (Lipinski definition) is 1. The molecular formula is C15H31N. The lowest BCUT2D eigenvalue weighted by atomic mass is 9.95. The zero-order chi connectivity index (χ0) is 11.6. The van der Waals surface area contributed by atoms with Crippen LogP contribution in [0.4, 0.5) is 0 Å². The Kier molecular flexibility index (Phi) is 7.92. The molecule has 1 saturated carbocycles. The molecule has 0 aliphatic heterocycles. The summed E-state index contributed by atoms with van der Waals surface area (Å²) in [5.74, 6) is 0. The Hall–Kier alpha value is -0.0400. The van der Waals surface area contributed by atoms with E-state index in [1.165, 1.54) is 70.6 Å². The third-order valence-electron chi connectivity index (χ3n) is 3.98. The Morgan fingerprint density at radius 1 is 1.00 bits per heavy atom. The van der Waals surface area contributed by atoms with Crippen molar-refractivity contribution in [2.24, 2.45) is 0 Å². The van der Waals surface area contributed by atoms with Crippen molar-refractivity contribution in [1.29, 1.82) is 0 Å². The molecule has 0 saturated heterocycles. The lowest BCUT2D eigenvalue weighted by Gasteiger charge is -2.26. The van der Waals surface area contributed by atoms with Gasteiger partial charge in [-0.3, -0.25) is 0 Å². The summed E-state index contributed by atoms with van der Waals surface area (Å²) in [5.41, 5.74) is 0. The number of nitrogens with one attached hydrogen (secondary N) is 1. The molecule has 0 spiro atoms. The predicted molar refractivity (Wildman–Crippen MR) is 72.8 cm³/mol. The van der Waals surface area contributed by atoms with E-state index in [4.69, 9.17) is 0 Å². The third kappa shape index (κ3) is 5.89. The molecule has 1 aliphatic rings. The van der Waals surface area contributed by atoms with Gasteiger partial charge in [0.15, 0.2) is 0 Å². The second-order valence-electron chi connectivity index (χ2n) is 5.46. The molecule has 1 atom stereocenters. The number of hydrogen-bond donors (Lipinski definition) is 1. The van der Waals surface area contributed by atoms with Gasteiger partial charge in [-0.25, -0.2) is 0 Å². The van der Waals surface area contributed by atoms with Crippen molar-refractivity contribution >= 4 is 0 Å². The van der Waals surface area contributed by atoms with Crippen LogP contribution in [0, 0.1) is 0 Å². The first kappa shape index (κ1) is 14.0. The fourth-order valence-corrected chi connectivity index (χ4v) is 2.81. The van der Waals surface area contributed by atoms with Crippen LogP contribution in [0.25, 0.3) is 0 Å². The fourth-order valence-electron chi connectivity index (χ4n) is 2.81. The minimum absolute atomic E-state index is 0.782. The van der Waals surface area contributed by atoms with Gasteiger partial charge in [0.25, 0.3) is 0 Å². The van der Waals surface area contributed by atoms with E-state index in [0.29, 0.717) is 0 Å². The van der Waals surface area contributed by atoms with E-state index in [0.717, 1.165) is 12.1 Å². The van der Waals surface area contributed by atoms with E-state index in [1.807, 2.05) is 0 Å². The van der Waals surface area contributed by atoms with Gasteiger partial charge in [-0.1, -0.05) is 58.8 Å². The van der Waals surface area contributed by atoms with E-state index < -0.39 is 0 Å². The molecule has 1 unspecified atom stereocenters. The van der Waals surface area contributed by atoms with Crippen molar-refractivity contribution in [3.8, 4) is 0 Å². The topological polar surface area (TPSA) is 12.0 Å². The third-order valence-corrected chi connectivity index (χ3v) is 3.98. The molecule has 1 nitrogen and oxygen atoms in total. The maximum Gasteiger partial charge on any atom is 0.00696 e. The zero-order valence-corrected chi connectivity index (χ0v) is 11.4. The van der Waals surface area contributed by atoms with Gasteiger partial charge in [-0.2, -0.15) is 0 Å². The van der Waals surface area contributed by atoms with Gasteiger partial charge >= 0.3 is 0 Å². The molecule has 1 fully saturated rings. The van der Waals surface area contributed by atoms with E-state index in [2.05, 4.69) is 19.2 Å². The first-order chi connectivity index (χ1) is 7.86. The standard InChI is InChI=1S/C15H31N/c1-3-5-11-14(4-2)16-15-12-9-7-6-8-10-13-15/h14-16H,3-13H2,1-2H3. The summed E-state index contributed by atoms with van der Waals surface area (Å²) < 4.78 is 0. The van der Waals surface area contributed by atoms with Crippen LogP contribution in [0.5, 0.6) is 0 Å². The average molecular weight is 225 g/mol. The van der Waals surface area contributed by atoms with Crippen LogP contribution in [0.1, 0.15) is 84.5 Å². The van der Waals surface area contributed by atoms with Crippen LogP contribution in [0.2, 0.25) is 0 Å².